The van der Waals surface area contributed by atoms with E-state index in [1.165, 1.54) is 23.3 Å². The Bertz CT molecular complexity index is 926. The second-order valence-corrected chi connectivity index (χ2v) is 6.66. The van der Waals surface area contributed by atoms with Crippen molar-refractivity contribution in [2.45, 2.75) is 26.1 Å². The molecule has 1 unspecified atom stereocenters. The summed E-state index contributed by atoms with van der Waals surface area (Å²) in [6, 6.07) is 16.3. The molecule has 1 atom stereocenters. The van der Waals surface area contributed by atoms with E-state index in [1.807, 2.05) is 36.0 Å². The van der Waals surface area contributed by atoms with Crippen LogP contribution in [0.4, 0.5) is 4.39 Å². The first-order chi connectivity index (χ1) is 14.1. The molecule has 2 aromatic carbocycles. The second kappa shape index (κ2) is 10.3. The Labute approximate surface area is 170 Å². The highest BCUT2D eigenvalue weighted by molar-refractivity contribution is 5.79. The third kappa shape index (κ3) is 6.34. The van der Waals surface area contributed by atoms with Crippen molar-refractivity contribution in [1.82, 2.24) is 20.4 Å². The van der Waals surface area contributed by atoms with Crippen molar-refractivity contribution in [3.63, 3.8) is 0 Å². The van der Waals surface area contributed by atoms with Crippen molar-refractivity contribution in [1.29, 1.82) is 0 Å². The number of benzene rings is 2. The van der Waals surface area contributed by atoms with Crippen LogP contribution in [0.3, 0.4) is 0 Å². The third-order valence-electron chi connectivity index (χ3n) is 4.37. The van der Waals surface area contributed by atoms with Gasteiger partial charge in [0.05, 0.1) is 13.1 Å². The molecule has 0 bridgehead atoms. The summed E-state index contributed by atoms with van der Waals surface area (Å²) in [4.78, 5) is 4.26. The number of halogens is 1. The minimum absolute atomic E-state index is 0.151. The van der Waals surface area contributed by atoms with Crippen molar-refractivity contribution < 1.29 is 9.13 Å². The van der Waals surface area contributed by atoms with Gasteiger partial charge in [-0.05, 0) is 36.2 Å². The zero-order chi connectivity index (χ0) is 20.5. The van der Waals surface area contributed by atoms with Crippen molar-refractivity contribution in [3.05, 3.63) is 83.9 Å². The van der Waals surface area contributed by atoms with Crippen molar-refractivity contribution >= 4 is 5.96 Å². The van der Waals surface area contributed by atoms with Gasteiger partial charge in [-0.3, -0.25) is 9.67 Å². The van der Waals surface area contributed by atoms with Crippen LogP contribution < -0.4 is 15.4 Å². The van der Waals surface area contributed by atoms with E-state index in [4.69, 9.17) is 4.74 Å². The number of guanidine groups is 1. The summed E-state index contributed by atoms with van der Waals surface area (Å²) >= 11 is 0. The molecule has 0 amide bonds. The highest BCUT2D eigenvalue weighted by Gasteiger charge is 2.08. The van der Waals surface area contributed by atoms with Crippen molar-refractivity contribution in [2.24, 2.45) is 4.99 Å². The zero-order valence-corrected chi connectivity index (χ0v) is 16.7. The molecule has 1 aromatic heterocycles. The Morgan fingerprint density at radius 2 is 1.97 bits per heavy atom. The van der Waals surface area contributed by atoms with Gasteiger partial charge in [0.1, 0.15) is 17.7 Å². The highest BCUT2D eigenvalue weighted by Crippen LogP contribution is 2.13. The molecule has 29 heavy (non-hydrogen) atoms. The van der Waals surface area contributed by atoms with Gasteiger partial charge in [-0.15, -0.1) is 0 Å². The lowest BCUT2D eigenvalue weighted by molar-refractivity contribution is 0.223. The lowest BCUT2D eigenvalue weighted by Crippen LogP contribution is -2.41. The van der Waals surface area contributed by atoms with Gasteiger partial charge in [-0.1, -0.05) is 30.3 Å². The third-order valence-corrected chi connectivity index (χ3v) is 4.37. The Kier molecular flexibility index (Phi) is 7.22. The largest absolute Gasteiger partial charge is 0.489 e. The normalized spacial score (nSPS) is 12.4. The molecule has 6 nitrogen and oxygen atoms in total. The fourth-order valence-corrected chi connectivity index (χ4v) is 2.91. The smallest absolute Gasteiger partial charge is 0.191 e. The first-order valence-corrected chi connectivity index (χ1v) is 9.55. The number of ether oxygens (including phenoxy) is 1. The minimum atomic E-state index is -0.311. The lowest BCUT2D eigenvalue weighted by Gasteiger charge is -2.18. The molecule has 0 radical (unpaired) electrons. The van der Waals surface area contributed by atoms with E-state index in [0.29, 0.717) is 24.8 Å². The number of aliphatic imine (C=N–C) groups is 1. The van der Waals surface area contributed by atoms with E-state index in [1.54, 1.807) is 25.4 Å². The maximum atomic E-state index is 13.3. The molecule has 2 N–H and O–H groups in total. The van der Waals surface area contributed by atoms with E-state index in [-0.39, 0.29) is 11.9 Å². The van der Waals surface area contributed by atoms with Crippen LogP contribution in [-0.2, 0) is 13.1 Å². The summed E-state index contributed by atoms with van der Waals surface area (Å²) in [5.41, 5.74) is 2.37. The van der Waals surface area contributed by atoms with Crippen LogP contribution in [0.1, 0.15) is 18.1 Å². The fourth-order valence-electron chi connectivity index (χ4n) is 2.91. The molecule has 3 aromatic rings. The summed E-state index contributed by atoms with van der Waals surface area (Å²) in [6.45, 7) is 3.81. The first-order valence-electron chi connectivity index (χ1n) is 9.55. The minimum Gasteiger partial charge on any atom is -0.489 e. The molecule has 7 heteroatoms. The predicted octanol–water partition coefficient (Wildman–Crippen LogP) is 3.20. The second-order valence-electron chi connectivity index (χ2n) is 6.66. The Morgan fingerprint density at radius 3 is 2.69 bits per heavy atom. The zero-order valence-electron chi connectivity index (χ0n) is 16.7. The highest BCUT2D eigenvalue weighted by atomic mass is 19.1. The van der Waals surface area contributed by atoms with Crippen LogP contribution in [0.25, 0.3) is 0 Å². The number of rotatable bonds is 8. The maximum absolute atomic E-state index is 13.3. The number of hydrogen-bond acceptors (Lipinski definition) is 3. The molecule has 0 saturated carbocycles. The maximum Gasteiger partial charge on any atom is 0.191 e. The molecule has 0 spiro atoms. The summed E-state index contributed by atoms with van der Waals surface area (Å²) in [5.74, 6) is 0.872. The van der Waals surface area contributed by atoms with Crippen LogP contribution in [0.5, 0.6) is 5.75 Å². The van der Waals surface area contributed by atoms with E-state index in [9.17, 15) is 4.39 Å². The molecular formula is C22H26FN5O. The molecule has 0 fully saturated rings. The van der Waals surface area contributed by atoms with Gasteiger partial charge in [-0.2, -0.15) is 5.10 Å². The lowest BCUT2D eigenvalue weighted by atomic mass is 10.1. The Balaban J connectivity index is 1.50. The van der Waals surface area contributed by atoms with Crippen LogP contribution in [-0.4, -0.2) is 35.4 Å². The predicted molar refractivity (Wildman–Crippen MR) is 112 cm³/mol. The van der Waals surface area contributed by atoms with Gasteiger partial charge in [0, 0.05) is 32.1 Å². The SMILES string of the molecule is CN=C(NCc1ccccc1Cn1cccn1)NCC(C)Oc1cccc(F)c1. The van der Waals surface area contributed by atoms with Gasteiger partial charge in [-0.25, -0.2) is 4.39 Å². The molecule has 0 aliphatic carbocycles. The van der Waals surface area contributed by atoms with E-state index >= 15 is 0 Å². The van der Waals surface area contributed by atoms with Gasteiger partial charge in [0.25, 0.3) is 0 Å². The fraction of sp³-hybridized carbons (Fsp3) is 0.273. The van der Waals surface area contributed by atoms with Crippen molar-refractivity contribution in [3.8, 4) is 5.75 Å². The first kappa shape index (κ1) is 20.4. The number of aromatic nitrogens is 2. The molecular weight excluding hydrogens is 369 g/mol. The topological polar surface area (TPSA) is 63.5 Å². The number of hydrogen-bond donors (Lipinski definition) is 2. The monoisotopic (exact) mass is 395 g/mol. The standard InChI is InChI=1S/C22H26FN5O/c1-17(29-21-10-5-9-20(23)13-21)14-25-22(24-2)26-15-18-7-3-4-8-19(18)16-28-12-6-11-27-28/h3-13,17H,14-16H2,1-2H3,(H2,24,25,26). The van der Waals surface area contributed by atoms with Gasteiger partial charge in [0.2, 0.25) is 0 Å². The molecule has 3 rings (SSSR count). The number of nitrogens with zero attached hydrogens (tertiary/aromatic N) is 3. The van der Waals surface area contributed by atoms with Gasteiger partial charge in [0.15, 0.2) is 5.96 Å². The molecule has 152 valence electrons. The van der Waals surface area contributed by atoms with Crippen LogP contribution >= 0.6 is 0 Å². The summed E-state index contributed by atoms with van der Waals surface area (Å²) in [6.07, 6.45) is 3.58. The average molecular weight is 395 g/mol. The van der Waals surface area contributed by atoms with Crippen LogP contribution in [0.2, 0.25) is 0 Å². The van der Waals surface area contributed by atoms with Crippen molar-refractivity contribution in [2.75, 3.05) is 13.6 Å². The van der Waals surface area contributed by atoms with Crippen LogP contribution in [0.15, 0.2) is 72.0 Å². The molecule has 0 saturated heterocycles. The van der Waals surface area contributed by atoms with E-state index < -0.39 is 0 Å². The molecule has 0 aliphatic heterocycles. The summed E-state index contributed by atoms with van der Waals surface area (Å²) in [5, 5.41) is 10.8. The number of nitrogens with one attached hydrogen (secondary N) is 2. The molecule has 1 heterocycles. The van der Waals surface area contributed by atoms with Gasteiger partial charge < -0.3 is 15.4 Å². The van der Waals surface area contributed by atoms with E-state index in [0.717, 1.165) is 6.54 Å². The Hall–Kier alpha value is -3.35. The average Bonchev–Trinajstić information content (AvgIpc) is 3.22. The summed E-state index contributed by atoms with van der Waals surface area (Å²) in [7, 11) is 1.73. The summed E-state index contributed by atoms with van der Waals surface area (Å²) < 4.78 is 20.9. The Morgan fingerprint density at radius 1 is 1.14 bits per heavy atom. The van der Waals surface area contributed by atoms with E-state index in [2.05, 4.69) is 32.9 Å². The quantitative estimate of drug-likeness (QED) is 0.454. The molecule has 0 aliphatic rings. The van der Waals surface area contributed by atoms with Gasteiger partial charge >= 0.3 is 0 Å². The van der Waals surface area contributed by atoms with Crippen LogP contribution in [0, 0.1) is 5.82 Å².